The third-order valence-corrected chi connectivity index (χ3v) is 6.90. The minimum Gasteiger partial charge on any atom is -0.341 e. The van der Waals surface area contributed by atoms with Gasteiger partial charge in [-0.15, -0.1) is 0 Å². The number of aromatic nitrogens is 4. The highest BCUT2D eigenvalue weighted by atomic mass is 16.2. The number of amides is 2. The first-order valence-corrected chi connectivity index (χ1v) is 12.4. The van der Waals surface area contributed by atoms with Crippen LogP contribution < -0.4 is 15.5 Å². The van der Waals surface area contributed by atoms with Crippen molar-refractivity contribution in [1.82, 2.24) is 24.9 Å². The molecule has 2 N–H and O–H groups in total. The molecule has 0 unspecified atom stereocenters. The standard InChI is InChI=1S/C28H24N8O2/c29-16-18-5-4-6-20(13-18)19-9-11-35(12-10-19)27-33-25-22(14-21-15-24(37)32-26(21)38)17-30-36(25)28(34-27)31-23-7-2-1-3-8-23/h1-8,13-14,17,19H,9-12,15H2,(H,31,33,34)(H,32,37,38)/b21-14+. The minimum absolute atomic E-state index is 0.0315. The average Bonchev–Trinajstić information content (AvgIpc) is 3.51. The second-order valence-corrected chi connectivity index (χ2v) is 9.40. The van der Waals surface area contributed by atoms with Crippen LogP contribution in [0.1, 0.15) is 41.9 Å². The zero-order valence-electron chi connectivity index (χ0n) is 20.5. The monoisotopic (exact) mass is 504 g/mol. The van der Waals surface area contributed by atoms with E-state index >= 15 is 0 Å². The number of nitriles is 1. The van der Waals surface area contributed by atoms with Crippen LogP contribution in [0.2, 0.25) is 0 Å². The summed E-state index contributed by atoms with van der Waals surface area (Å²) in [5.74, 6) is 0.708. The summed E-state index contributed by atoms with van der Waals surface area (Å²) in [4.78, 5) is 35.7. The molecule has 2 fully saturated rings. The summed E-state index contributed by atoms with van der Waals surface area (Å²) in [6.45, 7) is 1.51. The summed E-state index contributed by atoms with van der Waals surface area (Å²) >= 11 is 0. The first-order chi connectivity index (χ1) is 18.6. The number of imide groups is 1. The van der Waals surface area contributed by atoms with Crippen molar-refractivity contribution >= 4 is 41.1 Å². The molecule has 0 saturated carbocycles. The Bertz CT molecular complexity index is 1610. The van der Waals surface area contributed by atoms with Crippen LogP contribution >= 0.6 is 0 Å². The van der Waals surface area contributed by atoms with Gasteiger partial charge in [0.2, 0.25) is 17.8 Å². The summed E-state index contributed by atoms with van der Waals surface area (Å²) < 4.78 is 1.61. The molecule has 0 radical (unpaired) electrons. The second kappa shape index (κ2) is 9.78. The van der Waals surface area contributed by atoms with Gasteiger partial charge in [0.25, 0.3) is 5.91 Å². The lowest BCUT2D eigenvalue weighted by molar-refractivity contribution is -0.124. The molecule has 10 heteroatoms. The number of para-hydroxylation sites is 1. The Balaban J connectivity index is 1.33. The van der Waals surface area contributed by atoms with Gasteiger partial charge in [-0.25, -0.2) is 0 Å². The molecule has 0 aliphatic carbocycles. The van der Waals surface area contributed by atoms with Crippen molar-refractivity contribution in [3.05, 3.63) is 83.1 Å². The zero-order valence-corrected chi connectivity index (χ0v) is 20.5. The molecule has 10 nitrogen and oxygen atoms in total. The molecule has 0 bridgehead atoms. The van der Waals surface area contributed by atoms with Crippen LogP contribution in [-0.2, 0) is 9.59 Å². The number of fused-ring (bicyclic) bond motifs is 1. The Morgan fingerprint density at radius 1 is 1.05 bits per heavy atom. The van der Waals surface area contributed by atoms with Gasteiger partial charge in [0, 0.05) is 29.9 Å². The van der Waals surface area contributed by atoms with Crippen molar-refractivity contribution in [2.75, 3.05) is 23.3 Å². The average molecular weight is 505 g/mol. The number of nitrogens with zero attached hydrogens (tertiary/aromatic N) is 6. The largest absolute Gasteiger partial charge is 0.341 e. The number of piperidine rings is 1. The van der Waals surface area contributed by atoms with Crippen LogP contribution in [0, 0.1) is 11.3 Å². The van der Waals surface area contributed by atoms with Gasteiger partial charge >= 0.3 is 0 Å². The number of rotatable bonds is 5. The Hall–Kier alpha value is -5.04. The van der Waals surface area contributed by atoms with E-state index in [9.17, 15) is 14.9 Å². The van der Waals surface area contributed by atoms with Crippen molar-refractivity contribution in [2.24, 2.45) is 0 Å². The molecule has 2 saturated heterocycles. The lowest BCUT2D eigenvalue weighted by Gasteiger charge is -2.32. The number of carbonyl (C=O) groups is 2. The fraction of sp³-hybridized carbons (Fsp3) is 0.214. The van der Waals surface area contributed by atoms with Crippen molar-refractivity contribution in [2.45, 2.75) is 25.2 Å². The number of anilines is 3. The van der Waals surface area contributed by atoms with Crippen LogP contribution in [0.15, 0.2) is 66.4 Å². The van der Waals surface area contributed by atoms with Crippen LogP contribution in [0.4, 0.5) is 17.6 Å². The molecule has 2 aromatic heterocycles. The molecule has 4 heterocycles. The third-order valence-electron chi connectivity index (χ3n) is 6.90. The molecule has 188 valence electrons. The van der Waals surface area contributed by atoms with E-state index in [1.54, 1.807) is 16.8 Å². The molecule has 2 aliphatic rings. The van der Waals surface area contributed by atoms with Crippen LogP contribution in [0.3, 0.4) is 0 Å². The van der Waals surface area contributed by atoms with Gasteiger partial charge in [-0.2, -0.15) is 24.8 Å². The minimum atomic E-state index is -0.395. The van der Waals surface area contributed by atoms with E-state index < -0.39 is 5.91 Å². The highest BCUT2D eigenvalue weighted by Crippen LogP contribution is 2.31. The van der Waals surface area contributed by atoms with Gasteiger partial charge < -0.3 is 10.2 Å². The van der Waals surface area contributed by atoms with E-state index in [1.807, 2.05) is 48.5 Å². The van der Waals surface area contributed by atoms with E-state index in [2.05, 4.69) is 32.8 Å². The Kier molecular flexibility index (Phi) is 6.01. The molecule has 2 aromatic carbocycles. The number of benzene rings is 2. The molecular weight excluding hydrogens is 480 g/mol. The lowest BCUT2D eigenvalue weighted by Crippen LogP contribution is -2.34. The van der Waals surface area contributed by atoms with E-state index in [1.165, 1.54) is 5.56 Å². The van der Waals surface area contributed by atoms with Gasteiger partial charge in [0.1, 0.15) is 0 Å². The van der Waals surface area contributed by atoms with Crippen LogP contribution in [-0.4, -0.2) is 44.5 Å². The molecule has 4 aromatic rings. The van der Waals surface area contributed by atoms with Crippen molar-refractivity contribution in [1.29, 1.82) is 5.26 Å². The summed E-state index contributed by atoms with van der Waals surface area (Å²) in [6, 6.07) is 19.7. The van der Waals surface area contributed by atoms with E-state index in [-0.39, 0.29) is 12.3 Å². The zero-order chi connectivity index (χ0) is 26.1. The van der Waals surface area contributed by atoms with Crippen LogP contribution in [0.5, 0.6) is 0 Å². The van der Waals surface area contributed by atoms with Crippen molar-refractivity contribution in [3.63, 3.8) is 0 Å². The second-order valence-electron chi connectivity index (χ2n) is 9.40. The first-order valence-electron chi connectivity index (χ1n) is 12.4. The molecular formula is C28H24N8O2. The van der Waals surface area contributed by atoms with E-state index in [0.717, 1.165) is 31.6 Å². The molecule has 2 aliphatic heterocycles. The Morgan fingerprint density at radius 3 is 2.61 bits per heavy atom. The van der Waals surface area contributed by atoms with Gasteiger partial charge in [0.05, 0.1) is 24.3 Å². The van der Waals surface area contributed by atoms with E-state index in [0.29, 0.717) is 40.2 Å². The van der Waals surface area contributed by atoms with Crippen molar-refractivity contribution < 1.29 is 9.59 Å². The smallest absolute Gasteiger partial charge is 0.254 e. The highest BCUT2D eigenvalue weighted by molar-refractivity contribution is 6.15. The predicted molar refractivity (Wildman–Crippen MR) is 142 cm³/mol. The van der Waals surface area contributed by atoms with Gasteiger partial charge in [-0.3, -0.25) is 14.9 Å². The number of nitrogens with one attached hydrogen (secondary N) is 2. The normalized spacial score (nSPS) is 17.1. The highest BCUT2D eigenvalue weighted by Gasteiger charge is 2.26. The van der Waals surface area contributed by atoms with Gasteiger partial charge in [0.15, 0.2) is 5.65 Å². The number of carbonyl (C=O) groups excluding carboxylic acids is 2. The number of hydrogen-bond donors (Lipinski definition) is 2. The fourth-order valence-electron chi connectivity index (χ4n) is 4.94. The molecule has 6 rings (SSSR count). The topological polar surface area (TPSA) is 128 Å². The SMILES string of the molecule is N#Cc1cccc(C2CCN(c3nc(Nc4ccccc4)n4ncc(/C=C5\CC(=O)NC5=O)c4n3)CC2)c1. The number of hydrogen-bond acceptors (Lipinski definition) is 8. The fourth-order valence-corrected chi connectivity index (χ4v) is 4.94. The van der Waals surface area contributed by atoms with Crippen LogP contribution in [0.25, 0.3) is 11.7 Å². The molecule has 2 amide bonds. The summed E-state index contributed by atoms with van der Waals surface area (Å²) in [6.07, 6.45) is 5.14. The molecule has 0 atom stereocenters. The van der Waals surface area contributed by atoms with Gasteiger partial charge in [-0.05, 0) is 54.7 Å². The maximum Gasteiger partial charge on any atom is 0.254 e. The maximum atomic E-state index is 12.2. The predicted octanol–water partition coefficient (Wildman–Crippen LogP) is 3.55. The summed E-state index contributed by atoms with van der Waals surface area (Å²) in [7, 11) is 0. The van der Waals surface area contributed by atoms with E-state index in [4.69, 9.17) is 9.97 Å². The molecule has 0 spiro atoms. The summed E-state index contributed by atoms with van der Waals surface area (Å²) in [5.41, 5.74) is 4.26. The van der Waals surface area contributed by atoms with Crippen molar-refractivity contribution in [3.8, 4) is 6.07 Å². The third kappa shape index (κ3) is 4.57. The quantitative estimate of drug-likeness (QED) is 0.312. The first kappa shape index (κ1) is 23.4. The molecule has 38 heavy (non-hydrogen) atoms. The Labute approximate surface area is 218 Å². The van der Waals surface area contributed by atoms with Gasteiger partial charge in [-0.1, -0.05) is 30.3 Å². The summed E-state index contributed by atoms with van der Waals surface area (Å²) in [5, 5.41) is 19.4. The maximum absolute atomic E-state index is 12.2. The Morgan fingerprint density at radius 2 is 1.87 bits per heavy atom. The lowest BCUT2D eigenvalue weighted by atomic mass is 9.89.